The van der Waals surface area contributed by atoms with Crippen LogP contribution in [0.3, 0.4) is 0 Å². The van der Waals surface area contributed by atoms with Gasteiger partial charge in [-0.1, -0.05) is 23.7 Å². The van der Waals surface area contributed by atoms with Crippen LogP contribution in [0, 0.1) is 6.92 Å². The van der Waals surface area contributed by atoms with Crippen molar-refractivity contribution in [3.8, 4) is 0 Å². The van der Waals surface area contributed by atoms with Crippen LogP contribution < -0.4 is 0 Å². The minimum atomic E-state index is -0.328. The lowest BCUT2D eigenvalue weighted by molar-refractivity contribution is 0.0461. The summed E-state index contributed by atoms with van der Waals surface area (Å²) in [4.78, 5) is 11.9. The summed E-state index contributed by atoms with van der Waals surface area (Å²) in [5.41, 5.74) is 2.45. The number of benzene rings is 1. The molecule has 4 heteroatoms. The van der Waals surface area contributed by atoms with E-state index in [-0.39, 0.29) is 12.6 Å². The van der Waals surface area contributed by atoms with Gasteiger partial charge >= 0.3 is 5.97 Å². The van der Waals surface area contributed by atoms with E-state index in [9.17, 15) is 4.79 Å². The predicted octanol–water partition coefficient (Wildman–Crippen LogP) is 3.34. The molecule has 0 N–H and O–H groups in total. The summed E-state index contributed by atoms with van der Waals surface area (Å²) in [5, 5.41) is 0.637. The number of rotatable bonds is 3. The Morgan fingerprint density at radius 2 is 2.11 bits per heavy atom. The molecule has 0 spiro atoms. The van der Waals surface area contributed by atoms with Crippen molar-refractivity contribution < 1.29 is 9.53 Å². The van der Waals surface area contributed by atoms with Crippen LogP contribution >= 0.6 is 11.6 Å². The van der Waals surface area contributed by atoms with Gasteiger partial charge in [-0.25, -0.2) is 4.79 Å². The molecule has 0 saturated carbocycles. The molecule has 0 aliphatic rings. The quantitative estimate of drug-likeness (QED) is 0.796. The molecule has 2 rings (SSSR count). The number of halogens is 1. The molecule has 0 amide bonds. The number of aromatic nitrogens is 1. The van der Waals surface area contributed by atoms with E-state index in [1.807, 2.05) is 32.2 Å². The van der Waals surface area contributed by atoms with Crippen LogP contribution in [0.5, 0.6) is 0 Å². The van der Waals surface area contributed by atoms with Crippen molar-refractivity contribution in [1.29, 1.82) is 0 Å². The maximum atomic E-state index is 11.9. The fourth-order valence-electron chi connectivity index (χ4n) is 1.67. The monoisotopic (exact) mass is 263 g/mol. The van der Waals surface area contributed by atoms with Crippen molar-refractivity contribution in [2.45, 2.75) is 13.5 Å². The van der Waals surface area contributed by atoms with Crippen LogP contribution in [-0.2, 0) is 18.4 Å². The number of hydrogen-bond acceptors (Lipinski definition) is 2. The second kappa shape index (κ2) is 5.27. The van der Waals surface area contributed by atoms with Gasteiger partial charge in [0.1, 0.15) is 12.3 Å². The summed E-state index contributed by atoms with van der Waals surface area (Å²) < 4.78 is 7.05. The Labute approximate surface area is 111 Å². The third kappa shape index (κ3) is 2.74. The van der Waals surface area contributed by atoms with E-state index < -0.39 is 0 Å². The Bertz CT molecular complexity index is 575. The highest BCUT2D eigenvalue weighted by Crippen LogP contribution is 2.13. The van der Waals surface area contributed by atoms with E-state index in [4.69, 9.17) is 16.3 Å². The van der Waals surface area contributed by atoms with E-state index >= 15 is 0 Å². The zero-order valence-corrected chi connectivity index (χ0v) is 11.1. The van der Waals surface area contributed by atoms with Crippen molar-refractivity contribution in [3.05, 3.63) is 58.4 Å². The molecular formula is C14H14ClNO2. The molecule has 18 heavy (non-hydrogen) atoms. The standard InChI is InChI=1S/C14H14ClNO2/c1-10-6-7-13(16(10)2)14(17)18-9-11-4-3-5-12(15)8-11/h3-8H,9H2,1-2H3. The minimum absolute atomic E-state index is 0.226. The maximum Gasteiger partial charge on any atom is 0.355 e. The van der Waals surface area contributed by atoms with Crippen LogP contribution in [0.1, 0.15) is 21.7 Å². The molecule has 1 heterocycles. The molecule has 0 aliphatic heterocycles. The lowest BCUT2D eigenvalue weighted by atomic mass is 10.2. The summed E-state index contributed by atoms with van der Waals surface area (Å²) in [6.45, 7) is 2.16. The fourth-order valence-corrected chi connectivity index (χ4v) is 1.88. The number of hydrogen-bond donors (Lipinski definition) is 0. The summed E-state index contributed by atoms with van der Waals surface area (Å²) in [6.07, 6.45) is 0. The van der Waals surface area contributed by atoms with Gasteiger partial charge in [0, 0.05) is 17.8 Å². The average molecular weight is 264 g/mol. The third-order valence-electron chi connectivity index (χ3n) is 2.84. The zero-order chi connectivity index (χ0) is 13.1. The fraction of sp³-hybridized carbons (Fsp3) is 0.214. The van der Waals surface area contributed by atoms with E-state index in [1.165, 1.54) is 0 Å². The third-order valence-corrected chi connectivity index (χ3v) is 3.08. The first kappa shape index (κ1) is 12.7. The van der Waals surface area contributed by atoms with Gasteiger partial charge in [-0.3, -0.25) is 0 Å². The second-order valence-corrected chi connectivity index (χ2v) is 4.56. The first-order valence-corrected chi connectivity index (χ1v) is 5.99. The van der Waals surface area contributed by atoms with Gasteiger partial charge in [0.2, 0.25) is 0 Å². The molecule has 0 aliphatic carbocycles. The molecule has 0 saturated heterocycles. The second-order valence-electron chi connectivity index (χ2n) is 4.13. The first-order valence-electron chi connectivity index (χ1n) is 5.62. The number of aryl methyl sites for hydroxylation is 1. The highest BCUT2D eigenvalue weighted by atomic mass is 35.5. The van der Waals surface area contributed by atoms with Crippen LogP contribution in [0.4, 0.5) is 0 Å². The van der Waals surface area contributed by atoms with Crippen LogP contribution in [0.25, 0.3) is 0 Å². The van der Waals surface area contributed by atoms with E-state index in [0.29, 0.717) is 10.7 Å². The van der Waals surface area contributed by atoms with Gasteiger partial charge in [-0.2, -0.15) is 0 Å². The Balaban J connectivity index is 2.03. The minimum Gasteiger partial charge on any atom is -0.456 e. The maximum absolute atomic E-state index is 11.9. The number of esters is 1. The number of carbonyl (C=O) groups excluding carboxylic acids is 1. The SMILES string of the molecule is Cc1ccc(C(=O)OCc2cccc(Cl)c2)n1C. The Hall–Kier alpha value is -1.74. The summed E-state index contributed by atoms with van der Waals surface area (Å²) >= 11 is 5.86. The topological polar surface area (TPSA) is 31.2 Å². The van der Waals surface area contributed by atoms with Crippen LogP contribution in [0.2, 0.25) is 5.02 Å². The Kier molecular flexibility index (Phi) is 3.72. The Morgan fingerprint density at radius 1 is 1.33 bits per heavy atom. The lowest BCUT2D eigenvalue weighted by Crippen LogP contribution is -2.10. The van der Waals surface area contributed by atoms with E-state index in [0.717, 1.165) is 11.3 Å². The van der Waals surface area contributed by atoms with Gasteiger partial charge in [-0.05, 0) is 36.8 Å². The lowest BCUT2D eigenvalue weighted by Gasteiger charge is -2.07. The van der Waals surface area contributed by atoms with Crippen molar-refractivity contribution in [2.24, 2.45) is 7.05 Å². The normalized spacial score (nSPS) is 10.4. The van der Waals surface area contributed by atoms with Gasteiger partial charge in [0.15, 0.2) is 0 Å². The Morgan fingerprint density at radius 3 is 2.72 bits per heavy atom. The van der Waals surface area contributed by atoms with Gasteiger partial charge in [0.25, 0.3) is 0 Å². The number of nitrogens with zero attached hydrogens (tertiary/aromatic N) is 1. The molecule has 3 nitrogen and oxygen atoms in total. The molecule has 94 valence electrons. The van der Waals surface area contributed by atoms with E-state index in [2.05, 4.69) is 0 Å². The molecule has 0 bridgehead atoms. The smallest absolute Gasteiger partial charge is 0.355 e. The van der Waals surface area contributed by atoms with Crippen LogP contribution in [-0.4, -0.2) is 10.5 Å². The first-order chi connectivity index (χ1) is 8.58. The van der Waals surface area contributed by atoms with E-state index in [1.54, 1.807) is 22.8 Å². The molecule has 0 fully saturated rings. The van der Waals surface area contributed by atoms with Crippen molar-refractivity contribution >= 4 is 17.6 Å². The molecule has 2 aromatic rings. The molecule has 0 atom stereocenters. The number of carbonyl (C=O) groups is 1. The average Bonchev–Trinajstić information content (AvgIpc) is 2.67. The van der Waals surface area contributed by atoms with Crippen LogP contribution in [0.15, 0.2) is 36.4 Å². The summed E-state index contributed by atoms with van der Waals surface area (Å²) in [5.74, 6) is -0.328. The van der Waals surface area contributed by atoms with Gasteiger partial charge in [0.05, 0.1) is 0 Å². The molecule has 0 unspecified atom stereocenters. The van der Waals surface area contributed by atoms with Crippen molar-refractivity contribution in [3.63, 3.8) is 0 Å². The zero-order valence-electron chi connectivity index (χ0n) is 10.3. The molecule has 0 radical (unpaired) electrons. The van der Waals surface area contributed by atoms with Gasteiger partial charge < -0.3 is 9.30 Å². The summed E-state index contributed by atoms with van der Waals surface area (Å²) in [7, 11) is 1.84. The highest BCUT2D eigenvalue weighted by Gasteiger charge is 2.12. The molecule has 1 aromatic carbocycles. The highest BCUT2D eigenvalue weighted by molar-refractivity contribution is 6.30. The summed E-state index contributed by atoms with van der Waals surface area (Å²) in [6, 6.07) is 10.9. The van der Waals surface area contributed by atoms with Gasteiger partial charge in [-0.15, -0.1) is 0 Å². The molecular weight excluding hydrogens is 250 g/mol. The molecule has 1 aromatic heterocycles. The van der Waals surface area contributed by atoms with Crippen molar-refractivity contribution in [1.82, 2.24) is 4.57 Å². The largest absolute Gasteiger partial charge is 0.456 e. The van der Waals surface area contributed by atoms with Crippen molar-refractivity contribution in [2.75, 3.05) is 0 Å². The predicted molar refractivity (Wildman–Crippen MR) is 70.7 cm³/mol. The number of ether oxygens (including phenoxy) is 1.